The van der Waals surface area contributed by atoms with Crippen LogP contribution in [0.4, 0.5) is 5.69 Å². The highest BCUT2D eigenvalue weighted by molar-refractivity contribution is 6.02. The minimum atomic E-state index is -0.240. The zero-order valence-corrected chi connectivity index (χ0v) is 8.83. The number of benzene rings is 1. The second-order valence-electron chi connectivity index (χ2n) is 3.39. The quantitative estimate of drug-likeness (QED) is 0.783. The number of carbonyl (C=O) groups is 1. The number of ether oxygens (including phenoxy) is 1. The fraction of sp³-hybridized carbons (Fsp3) is 0.364. The number of rotatable bonds is 3. The molecule has 0 bridgehead atoms. The topological polar surface area (TPSA) is 50.4 Å². The monoisotopic (exact) mass is 206 g/mol. The lowest BCUT2D eigenvalue weighted by atomic mass is 10.1. The molecule has 80 valence electrons. The Morgan fingerprint density at radius 1 is 1.53 bits per heavy atom. The van der Waals surface area contributed by atoms with E-state index >= 15 is 0 Å². The molecule has 15 heavy (non-hydrogen) atoms. The average molecular weight is 206 g/mol. The Kier molecular flexibility index (Phi) is 2.60. The van der Waals surface area contributed by atoms with E-state index in [9.17, 15) is 4.79 Å². The molecule has 0 spiro atoms. The fourth-order valence-electron chi connectivity index (χ4n) is 1.78. The number of fused-ring (bicyclic) bond motifs is 1. The van der Waals surface area contributed by atoms with Crippen molar-refractivity contribution < 1.29 is 9.53 Å². The molecule has 1 atom stereocenters. The first-order valence-corrected chi connectivity index (χ1v) is 5.01. The maximum absolute atomic E-state index is 11.5. The normalized spacial score (nSPS) is 18.5. The third kappa shape index (κ3) is 1.68. The van der Waals surface area contributed by atoms with Gasteiger partial charge in [-0.2, -0.15) is 0 Å². The van der Waals surface area contributed by atoms with E-state index in [0.29, 0.717) is 6.61 Å². The summed E-state index contributed by atoms with van der Waals surface area (Å²) >= 11 is 0. The molecule has 1 aliphatic heterocycles. The van der Waals surface area contributed by atoms with E-state index in [1.165, 1.54) is 0 Å². The second-order valence-corrected chi connectivity index (χ2v) is 3.39. The molecule has 1 heterocycles. The number of amides is 1. The van der Waals surface area contributed by atoms with Crippen molar-refractivity contribution in [1.29, 1.82) is 0 Å². The van der Waals surface area contributed by atoms with Gasteiger partial charge in [0.25, 0.3) is 0 Å². The molecule has 1 aliphatic rings. The van der Waals surface area contributed by atoms with Crippen LogP contribution in [-0.2, 0) is 4.79 Å². The zero-order valence-electron chi connectivity index (χ0n) is 8.83. The van der Waals surface area contributed by atoms with E-state index in [0.717, 1.165) is 17.0 Å². The average Bonchev–Trinajstić information content (AvgIpc) is 2.53. The highest BCUT2D eigenvalue weighted by Crippen LogP contribution is 2.33. The molecule has 1 unspecified atom stereocenters. The Morgan fingerprint density at radius 3 is 3.00 bits per heavy atom. The van der Waals surface area contributed by atoms with Crippen LogP contribution in [0.15, 0.2) is 18.2 Å². The van der Waals surface area contributed by atoms with Crippen molar-refractivity contribution in [1.82, 2.24) is 5.32 Å². The van der Waals surface area contributed by atoms with Crippen molar-refractivity contribution in [3.63, 3.8) is 0 Å². The molecule has 1 aromatic carbocycles. The van der Waals surface area contributed by atoms with Crippen molar-refractivity contribution >= 4 is 11.6 Å². The van der Waals surface area contributed by atoms with Crippen molar-refractivity contribution in [2.75, 3.05) is 19.0 Å². The molecular weight excluding hydrogens is 192 g/mol. The van der Waals surface area contributed by atoms with Gasteiger partial charge < -0.3 is 15.4 Å². The van der Waals surface area contributed by atoms with Crippen LogP contribution >= 0.6 is 0 Å². The van der Waals surface area contributed by atoms with Crippen LogP contribution in [0.25, 0.3) is 0 Å². The number of nitrogens with one attached hydrogen (secondary N) is 2. The van der Waals surface area contributed by atoms with Gasteiger partial charge >= 0.3 is 0 Å². The fourth-order valence-corrected chi connectivity index (χ4v) is 1.78. The summed E-state index contributed by atoms with van der Waals surface area (Å²) in [6.45, 7) is 2.56. The van der Waals surface area contributed by atoms with Gasteiger partial charge in [-0.15, -0.1) is 0 Å². The summed E-state index contributed by atoms with van der Waals surface area (Å²) in [5.41, 5.74) is 1.82. The third-order valence-corrected chi connectivity index (χ3v) is 2.46. The van der Waals surface area contributed by atoms with Gasteiger partial charge in [-0.1, -0.05) is 6.07 Å². The minimum Gasteiger partial charge on any atom is -0.494 e. The van der Waals surface area contributed by atoms with Gasteiger partial charge in [0.1, 0.15) is 11.8 Å². The Labute approximate surface area is 88.6 Å². The summed E-state index contributed by atoms with van der Waals surface area (Å²) < 4.78 is 5.36. The lowest BCUT2D eigenvalue weighted by molar-refractivity contribution is -0.117. The Bertz CT molecular complexity index is 390. The molecule has 2 rings (SSSR count). The molecule has 1 amide bonds. The number of hydrogen-bond donors (Lipinski definition) is 2. The lowest BCUT2D eigenvalue weighted by Gasteiger charge is -2.07. The molecule has 0 saturated heterocycles. The summed E-state index contributed by atoms with van der Waals surface area (Å²) in [4.78, 5) is 11.5. The maximum atomic E-state index is 11.5. The third-order valence-electron chi connectivity index (χ3n) is 2.46. The maximum Gasteiger partial charge on any atom is 0.246 e. The smallest absolute Gasteiger partial charge is 0.246 e. The Hall–Kier alpha value is -1.55. The van der Waals surface area contributed by atoms with Crippen molar-refractivity contribution in [3.8, 4) is 5.75 Å². The van der Waals surface area contributed by atoms with Gasteiger partial charge in [0.2, 0.25) is 5.91 Å². The predicted molar refractivity (Wildman–Crippen MR) is 58.0 cm³/mol. The van der Waals surface area contributed by atoms with Crippen LogP contribution in [0.5, 0.6) is 5.75 Å². The summed E-state index contributed by atoms with van der Waals surface area (Å²) in [7, 11) is 1.77. The zero-order chi connectivity index (χ0) is 10.8. The van der Waals surface area contributed by atoms with Gasteiger partial charge in [-0.25, -0.2) is 0 Å². The Balaban J connectivity index is 2.33. The number of hydrogen-bond acceptors (Lipinski definition) is 3. The van der Waals surface area contributed by atoms with Crippen molar-refractivity contribution in [2.45, 2.75) is 13.0 Å². The van der Waals surface area contributed by atoms with Crippen LogP contribution in [0.1, 0.15) is 18.5 Å². The molecule has 0 fully saturated rings. The SMILES string of the molecule is CCOc1ccc2c(c1)NC(=O)C2NC. The molecular formula is C11H14N2O2. The standard InChI is InChI=1S/C11H14N2O2/c1-3-15-7-4-5-8-9(6-7)13-11(14)10(8)12-2/h4-6,10,12H,3H2,1-2H3,(H,13,14). The van der Waals surface area contributed by atoms with Crippen LogP contribution in [-0.4, -0.2) is 19.6 Å². The van der Waals surface area contributed by atoms with Crippen molar-refractivity contribution in [3.05, 3.63) is 23.8 Å². The molecule has 0 saturated carbocycles. The minimum absolute atomic E-state index is 0.0128. The van der Waals surface area contributed by atoms with E-state index in [2.05, 4.69) is 10.6 Å². The van der Waals surface area contributed by atoms with Gasteiger partial charge in [-0.05, 0) is 20.0 Å². The molecule has 0 aromatic heterocycles. The number of likely N-dealkylation sites (N-methyl/N-ethyl adjacent to an activating group) is 1. The largest absolute Gasteiger partial charge is 0.494 e. The second kappa shape index (κ2) is 3.90. The molecule has 0 aliphatic carbocycles. The first kappa shape index (κ1) is 9.98. The van der Waals surface area contributed by atoms with E-state index < -0.39 is 0 Å². The predicted octanol–water partition coefficient (Wildman–Crippen LogP) is 1.30. The highest BCUT2D eigenvalue weighted by atomic mass is 16.5. The van der Waals surface area contributed by atoms with Crippen LogP contribution < -0.4 is 15.4 Å². The van der Waals surface area contributed by atoms with Crippen LogP contribution in [0, 0.1) is 0 Å². The first-order chi connectivity index (χ1) is 7.26. The van der Waals surface area contributed by atoms with E-state index in [1.807, 2.05) is 25.1 Å². The van der Waals surface area contributed by atoms with Gasteiger partial charge in [-0.3, -0.25) is 4.79 Å². The van der Waals surface area contributed by atoms with Gasteiger partial charge in [0, 0.05) is 17.3 Å². The molecule has 0 radical (unpaired) electrons. The Morgan fingerprint density at radius 2 is 2.33 bits per heavy atom. The molecule has 1 aromatic rings. The van der Waals surface area contributed by atoms with Crippen LogP contribution in [0.2, 0.25) is 0 Å². The molecule has 4 heteroatoms. The summed E-state index contributed by atoms with van der Waals surface area (Å²) in [6, 6.07) is 5.41. The van der Waals surface area contributed by atoms with Gasteiger partial charge in [0.05, 0.1) is 6.61 Å². The van der Waals surface area contributed by atoms with Crippen molar-refractivity contribution in [2.24, 2.45) is 0 Å². The van der Waals surface area contributed by atoms with E-state index in [4.69, 9.17) is 4.74 Å². The summed E-state index contributed by atoms with van der Waals surface area (Å²) in [6.07, 6.45) is 0. The summed E-state index contributed by atoms with van der Waals surface area (Å²) in [5, 5.41) is 5.78. The van der Waals surface area contributed by atoms with E-state index in [1.54, 1.807) is 7.05 Å². The van der Waals surface area contributed by atoms with Crippen LogP contribution in [0.3, 0.4) is 0 Å². The van der Waals surface area contributed by atoms with E-state index in [-0.39, 0.29) is 11.9 Å². The highest BCUT2D eigenvalue weighted by Gasteiger charge is 2.29. The lowest BCUT2D eigenvalue weighted by Crippen LogP contribution is -2.23. The first-order valence-electron chi connectivity index (χ1n) is 5.01. The summed E-state index contributed by atoms with van der Waals surface area (Å²) in [5.74, 6) is 0.773. The number of carbonyl (C=O) groups excluding carboxylic acids is 1. The molecule has 4 nitrogen and oxygen atoms in total. The molecule has 2 N–H and O–H groups in total. The van der Waals surface area contributed by atoms with Gasteiger partial charge in [0.15, 0.2) is 0 Å². The number of anilines is 1.